The molecule has 2 heterocycles. The average Bonchev–Trinajstić information content (AvgIpc) is 3.44. The molecule has 0 aromatic carbocycles. The molecule has 1 aliphatic carbocycles. The van der Waals surface area contributed by atoms with Gasteiger partial charge in [-0.1, -0.05) is 0 Å². The van der Waals surface area contributed by atoms with Gasteiger partial charge in [0.05, 0.1) is 11.1 Å². The van der Waals surface area contributed by atoms with Gasteiger partial charge in [0.2, 0.25) is 0 Å². The number of amides is 2. The Kier molecular flexibility index (Phi) is 5.07. The molecule has 1 atom stereocenters. The summed E-state index contributed by atoms with van der Waals surface area (Å²) >= 11 is 0. The quantitative estimate of drug-likeness (QED) is 0.844. The molecule has 3 rings (SSSR count). The van der Waals surface area contributed by atoms with Gasteiger partial charge in [0.25, 0.3) is 11.8 Å². The highest BCUT2D eigenvalue weighted by Gasteiger charge is 2.32. The van der Waals surface area contributed by atoms with Crippen molar-refractivity contribution in [2.45, 2.75) is 32.7 Å². The van der Waals surface area contributed by atoms with Gasteiger partial charge in [0, 0.05) is 36.4 Å². The topological polar surface area (TPSA) is 84.0 Å². The SMILES string of the molecule is Cc1ccc(C(=O)NC[C@@H](NC(=O)c2ccc(C)nc2)C2CC2)cn1. The number of nitrogens with zero attached hydrogens (tertiary/aromatic N) is 2. The van der Waals surface area contributed by atoms with E-state index in [-0.39, 0.29) is 17.9 Å². The lowest BCUT2D eigenvalue weighted by Gasteiger charge is -2.19. The highest BCUT2D eigenvalue weighted by atomic mass is 16.2. The maximum absolute atomic E-state index is 12.4. The molecule has 0 radical (unpaired) electrons. The van der Waals surface area contributed by atoms with Crippen LogP contribution in [0.15, 0.2) is 36.7 Å². The minimum absolute atomic E-state index is 0.0730. The minimum atomic E-state index is -0.176. The summed E-state index contributed by atoms with van der Waals surface area (Å²) in [5.74, 6) is 0.0823. The van der Waals surface area contributed by atoms with E-state index < -0.39 is 0 Å². The second-order valence-electron chi connectivity index (χ2n) is 6.50. The molecule has 2 aromatic heterocycles. The number of aromatic nitrogens is 2. The third-order valence-electron chi connectivity index (χ3n) is 4.34. The van der Waals surface area contributed by atoms with Crippen LogP contribution in [0.5, 0.6) is 0 Å². The summed E-state index contributed by atoms with van der Waals surface area (Å²) in [4.78, 5) is 32.9. The largest absolute Gasteiger partial charge is 0.350 e. The van der Waals surface area contributed by atoms with Crippen molar-refractivity contribution in [1.82, 2.24) is 20.6 Å². The zero-order valence-electron chi connectivity index (χ0n) is 14.5. The second kappa shape index (κ2) is 7.42. The molecule has 130 valence electrons. The summed E-state index contributed by atoms with van der Waals surface area (Å²) in [6, 6.07) is 7.06. The third-order valence-corrected chi connectivity index (χ3v) is 4.34. The first kappa shape index (κ1) is 17.1. The van der Waals surface area contributed by atoms with Gasteiger partial charge in [0.1, 0.15) is 0 Å². The third kappa shape index (κ3) is 4.62. The summed E-state index contributed by atoms with van der Waals surface area (Å²) in [7, 11) is 0. The van der Waals surface area contributed by atoms with E-state index >= 15 is 0 Å². The van der Waals surface area contributed by atoms with Gasteiger partial charge in [-0.3, -0.25) is 19.6 Å². The van der Waals surface area contributed by atoms with Crippen LogP contribution >= 0.6 is 0 Å². The first-order chi connectivity index (χ1) is 12.0. The predicted molar refractivity (Wildman–Crippen MR) is 94.3 cm³/mol. The van der Waals surface area contributed by atoms with Crippen molar-refractivity contribution >= 4 is 11.8 Å². The van der Waals surface area contributed by atoms with E-state index in [1.807, 2.05) is 19.9 Å². The van der Waals surface area contributed by atoms with Crippen LogP contribution in [0.3, 0.4) is 0 Å². The van der Waals surface area contributed by atoms with Crippen LogP contribution in [0.25, 0.3) is 0 Å². The van der Waals surface area contributed by atoms with Crippen molar-refractivity contribution in [2.75, 3.05) is 6.54 Å². The Morgan fingerprint density at radius 3 is 2.04 bits per heavy atom. The zero-order valence-corrected chi connectivity index (χ0v) is 14.5. The van der Waals surface area contributed by atoms with Crippen LogP contribution in [0.1, 0.15) is 44.9 Å². The highest BCUT2D eigenvalue weighted by molar-refractivity contribution is 5.95. The van der Waals surface area contributed by atoms with E-state index in [1.54, 1.807) is 30.6 Å². The van der Waals surface area contributed by atoms with Gasteiger partial charge in [-0.15, -0.1) is 0 Å². The molecule has 2 aromatic rings. The Morgan fingerprint density at radius 1 is 1.00 bits per heavy atom. The van der Waals surface area contributed by atoms with Gasteiger partial charge in [0.15, 0.2) is 0 Å². The van der Waals surface area contributed by atoms with Gasteiger partial charge in [-0.05, 0) is 56.9 Å². The molecule has 1 aliphatic rings. The van der Waals surface area contributed by atoms with E-state index in [2.05, 4.69) is 20.6 Å². The summed E-state index contributed by atoms with van der Waals surface area (Å²) in [5.41, 5.74) is 2.79. The molecule has 6 heteroatoms. The molecular weight excluding hydrogens is 316 g/mol. The molecule has 0 bridgehead atoms. The number of carbonyl (C=O) groups is 2. The smallest absolute Gasteiger partial charge is 0.253 e. The number of nitrogens with one attached hydrogen (secondary N) is 2. The van der Waals surface area contributed by atoms with E-state index in [0.29, 0.717) is 23.6 Å². The van der Waals surface area contributed by atoms with E-state index in [0.717, 1.165) is 24.2 Å². The summed E-state index contributed by atoms with van der Waals surface area (Å²) < 4.78 is 0. The lowest BCUT2D eigenvalue weighted by Crippen LogP contribution is -2.45. The van der Waals surface area contributed by atoms with E-state index in [9.17, 15) is 9.59 Å². The Morgan fingerprint density at radius 2 is 1.56 bits per heavy atom. The lowest BCUT2D eigenvalue weighted by atomic mass is 10.1. The van der Waals surface area contributed by atoms with Gasteiger partial charge >= 0.3 is 0 Å². The Balaban J connectivity index is 1.58. The number of carbonyl (C=O) groups excluding carboxylic acids is 2. The van der Waals surface area contributed by atoms with Crippen LogP contribution in [0.2, 0.25) is 0 Å². The van der Waals surface area contributed by atoms with Crippen molar-refractivity contribution in [3.05, 3.63) is 59.2 Å². The van der Waals surface area contributed by atoms with Crippen LogP contribution in [0.4, 0.5) is 0 Å². The highest BCUT2D eigenvalue weighted by Crippen LogP contribution is 2.32. The minimum Gasteiger partial charge on any atom is -0.350 e. The van der Waals surface area contributed by atoms with Gasteiger partial charge in [-0.25, -0.2) is 0 Å². The fourth-order valence-electron chi connectivity index (χ4n) is 2.59. The normalized spacial score (nSPS) is 14.6. The molecule has 0 spiro atoms. The molecule has 0 unspecified atom stereocenters. The fourth-order valence-corrected chi connectivity index (χ4v) is 2.59. The molecule has 1 saturated carbocycles. The zero-order chi connectivity index (χ0) is 17.8. The Labute approximate surface area is 147 Å². The number of rotatable bonds is 6. The lowest BCUT2D eigenvalue weighted by molar-refractivity contribution is 0.0903. The van der Waals surface area contributed by atoms with E-state index in [1.165, 1.54) is 0 Å². The van der Waals surface area contributed by atoms with Crippen LogP contribution < -0.4 is 10.6 Å². The van der Waals surface area contributed by atoms with Crippen molar-refractivity contribution < 1.29 is 9.59 Å². The van der Waals surface area contributed by atoms with Gasteiger partial charge < -0.3 is 10.6 Å². The summed E-state index contributed by atoms with van der Waals surface area (Å²) in [5, 5.41) is 5.92. The monoisotopic (exact) mass is 338 g/mol. The Bertz CT molecular complexity index is 752. The number of pyridine rings is 2. The van der Waals surface area contributed by atoms with E-state index in [4.69, 9.17) is 0 Å². The molecule has 2 amide bonds. The average molecular weight is 338 g/mol. The molecule has 0 saturated heterocycles. The second-order valence-corrected chi connectivity index (χ2v) is 6.50. The number of hydrogen-bond acceptors (Lipinski definition) is 4. The first-order valence-electron chi connectivity index (χ1n) is 8.47. The fraction of sp³-hybridized carbons (Fsp3) is 0.368. The maximum Gasteiger partial charge on any atom is 0.253 e. The summed E-state index contributed by atoms with van der Waals surface area (Å²) in [6.07, 6.45) is 5.27. The van der Waals surface area contributed by atoms with Gasteiger partial charge in [-0.2, -0.15) is 0 Å². The van der Waals surface area contributed by atoms with Crippen molar-refractivity contribution in [3.8, 4) is 0 Å². The first-order valence-corrected chi connectivity index (χ1v) is 8.47. The molecule has 6 nitrogen and oxygen atoms in total. The van der Waals surface area contributed by atoms with Crippen LogP contribution in [0, 0.1) is 19.8 Å². The van der Waals surface area contributed by atoms with Crippen LogP contribution in [-0.4, -0.2) is 34.4 Å². The van der Waals surface area contributed by atoms with Crippen molar-refractivity contribution in [3.63, 3.8) is 0 Å². The van der Waals surface area contributed by atoms with Crippen LogP contribution in [-0.2, 0) is 0 Å². The predicted octanol–water partition coefficient (Wildman–Crippen LogP) is 2.03. The standard InChI is InChI=1S/C19H22N4O2/c1-12-3-5-15(9-20-12)18(24)22-11-17(14-7-8-14)23-19(25)16-6-4-13(2)21-10-16/h3-6,9-10,14,17H,7-8,11H2,1-2H3,(H,22,24)(H,23,25)/t17-/m1/s1. The molecule has 2 N–H and O–H groups in total. The molecule has 0 aliphatic heterocycles. The number of hydrogen-bond donors (Lipinski definition) is 2. The molecular formula is C19H22N4O2. The maximum atomic E-state index is 12.4. The van der Waals surface area contributed by atoms with Crippen molar-refractivity contribution in [2.24, 2.45) is 5.92 Å². The Hall–Kier alpha value is -2.76. The number of aryl methyl sites for hydroxylation is 2. The van der Waals surface area contributed by atoms with Crippen molar-refractivity contribution in [1.29, 1.82) is 0 Å². The molecule has 25 heavy (non-hydrogen) atoms. The summed E-state index contributed by atoms with van der Waals surface area (Å²) in [6.45, 7) is 4.16. The molecule has 1 fully saturated rings.